The van der Waals surface area contributed by atoms with Crippen molar-refractivity contribution in [2.75, 3.05) is 13.2 Å². The Balaban J connectivity index is 1.42. The number of aryl methyl sites for hydroxylation is 2. The van der Waals surface area contributed by atoms with E-state index in [-0.39, 0.29) is 30.1 Å². The molecule has 5 nitrogen and oxygen atoms in total. The maximum absolute atomic E-state index is 13.8. The third-order valence-electron chi connectivity index (χ3n) is 4.00. The van der Waals surface area contributed by atoms with Crippen molar-refractivity contribution in [3.05, 3.63) is 71.8 Å². The molecule has 0 unspecified atom stereocenters. The predicted molar refractivity (Wildman–Crippen MR) is 99.9 cm³/mol. The van der Waals surface area contributed by atoms with E-state index in [9.17, 15) is 13.6 Å². The minimum Gasteiger partial charge on any atom is -0.492 e. The topological polar surface area (TPSA) is 64.4 Å². The van der Waals surface area contributed by atoms with Gasteiger partial charge in [0.15, 0.2) is 11.7 Å². The molecule has 146 valence electrons. The van der Waals surface area contributed by atoms with Gasteiger partial charge in [-0.3, -0.25) is 4.79 Å². The van der Waals surface area contributed by atoms with E-state index < -0.39 is 11.6 Å². The van der Waals surface area contributed by atoms with Gasteiger partial charge in [-0.25, -0.2) is 13.8 Å². The highest BCUT2D eigenvalue weighted by molar-refractivity contribution is 5.76. The Hall–Kier alpha value is -3.22. The molecule has 1 aromatic heterocycles. The number of aromatic nitrogens is 1. The number of ether oxygens (including phenoxy) is 1. The van der Waals surface area contributed by atoms with Crippen molar-refractivity contribution in [2.45, 2.75) is 19.8 Å². The number of benzene rings is 2. The lowest BCUT2D eigenvalue weighted by Gasteiger charge is -2.08. The van der Waals surface area contributed by atoms with Gasteiger partial charge in [-0.05, 0) is 36.8 Å². The van der Waals surface area contributed by atoms with Gasteiger partial charge in [0.1, 0.15) is 24.0 Å². The lowest BCUT2D eigenvalue weighted by Crippen LogP contribution is -2.28. The van der Waals surface area contributed by atoms with Crippen LogP contribution in [0.5, 0.6) is 5.75 Å². The van der Waals surface area contributed by atoms with Crippen LogP contribution < -0.4 is 10.1 Å². The second kappa shape index (κ2) is 9.12. The highest BCUT2D eigenvalue weighted by Gasteiger charge is 2.13. The van der Waals surface area contributed by atoms with E-state index in [1.165, 1.54) is 12.3 Å². The standard InChI is InChI=1S/C21H20F2N2O3/c1-14-3-2-4-16(11-14)27-10-9-24-20(26)7-8-21-25-13-19(28-21)17-6-5-15(22)12-18(17)23/h2-6,11-13H,7-10H2,1H3,(H,24,26). The van der Waals surface area contributed by atoms with E-state index in [4.69, 9.17) is 9.15 Å². The molecule has 0 saturated heterocycles. The Bertz CT molecular complexity index is 956. The molecule has 0 aliphatic rings. The summed E-state index contributed by atoms with van der Waals surface area (Å²) >= 11 is 0. The number of oxazole rings is 1. The molecular weight excluding hydrogens is 366 g/mol. The number of nitrogens with zero attached hydrogens (tertiary/aromatic N) is 1. The minimum absolute atomic E-state index is 0.123. The lowest BCUT2D eigenvalue weighted by atomic mass is 10.2. The second-order valence-corrected chi connectivity index (χ2v) is 6.26. The van der Waals surface area contributed by atoms with Crippen LogP contribution in [0.1, 0.15) is 17.9 Å². The molecule has 0 spiro atoms. The van der Waals surface area contributed by atoms with Gasteiger partial charge >= 0.3 is 0 Å². The van der Waals surface area contributed by atoms with Gasteiger partial charge in [-0.2, -0.15) is 0 Å². The van der Waals surface area contributed by atoms with Gasteiger partial charge in [0.2, 0.25) is 5.91 Å². The smallest absolute Gasteiger partial charge is 0.220 e. The number of carbonyl (C=O) groups excluding carboxylic acids is 1. The largest absolute Gasteiger partial charge is 0.492 e. The number of rotatable bonds is 8. The quantitative estimate of drug-likeness (QED) is 0.593. The average molecular weight is 386 g/mol. The Morgan fingerprint density at radius 1 is 1.21 bits per heavy atom. The molecule has 3 rings (SSSR count). The molecule has 0 aliphatic carbocycles. The fourth-order valence-corrected chi connectivity index (χ4v) is 2.61. The third-order valence-corrected chi connectivity index (χ3v) is 4.00. The van der Waals surface area contributed by atoms with Gasteiger partial charge in [-0.15, -0.1) is 0 Å². The molecule has 0 atom stereocenters. The van der Waals surface area contributed by atoms with Crippen LogP contribution >= 0.6 is 0 Å². The zero-order valence-corrected chi connectivity index (χ0v) is 15.4. The zero-order valence-electron chi connectivity index (χ0n) is 15.4. The summed E-state index contributed by atoms with van der Waals surface area (Å²) in [5.74, 6) is -0.294. The van der Waals surface area contributed by atoms with Crippen molar-refractivity contribution >= 4 is 5.91 Å². The number of amides is 1. The summed E-state index contributed by atoms with van der Waals surface area (Å²) in [6.45, 7) is 2.72. The molecule has 2 aromatic carbocycles. The number of carbonyl (C=O) groups is 1. The van der Waals surface area contributed by atoms with Crippen molar-refractivity contribution in [1.29, 1.82) is 0 Å². The first-order valence-corrected chi connectivity index (χ1v) is 8.87. The van der Waals surface area contributed by atoms with Crippen LogP contribution in [-0.2, 0) is 11.2 Å². The van der Waals surface area contributed by atoms with Crippen LogP contribution in [-0.4, -0.2) is 24.0 Å². The first-order valence-electron chi connectivity index (χ1n) is 8.87. The van der Waals surface area contributed by atoms with Crippen molar-refractivity contribution in [1.82, 2.24) is 10.3 Å². The molecule has 1 amide bonds. The molecule has 0 aliphatic heterocycles. The van der Waals surface area contributed by atoms with Crippen molar-refractivity contribution in [3.63, 3.8) is 0 Å². The molecule has 7 heteroatoms. The van der Waals surface area contributed by atoms with E-state index in [0.717, 1.165) is 23.4 Å². The van der Waals surface area contributed by atoms with Crippen LogP contribution in [0.4, 0.5) is 8.78 Å². The SMILES string of the molecule is Cc1cccc(OCCNC(=O)CCc2ncc(-c3ccc(F)cc3F)o2)c1. The number of hydrogen-bond donors (Lipinski definition) is 1. The number of nitrogens with one attached hydrogen (secondary N) is 1. The first-order chi connectivity index (χ1) is 13.5. The molecule has 0 bridgehead atoms. The van der Waals surface area contributed by atoms with Crippen molar-refractivity contribution < 1.29 is 22.7 Å². The van der Waals surface area contributed by atoms with E-state index >= 15 is 0 Å². The van der Waals surface area contributed by atoms with Crippen LogP contribution in [0, 0.1) is 18.6 Å². The fraction of sp³-hybridized carbons (Fsp3) is 0.238. The summed E-state index contributed by atoms with van der Waals surface area (Å²) in [5, 5.41) is 2.76. The Labute approximate surface area is 161 Å². The fourth-order valence-electron chi connectivity index (χ4n) is 2.61. The van der Waals surface area contributed by atoms with Crippen LogP contribution in [0.15, 0.2) is 53.1 Å². The average Bonchev–Trinajstić information content (AvgIpc) is 3.12. The summed E-state index contributed by atoms with van der Waals surface area (Å²) < 4.78 is 37.8. The summed E-state index contributed by atoms with van der Waals surface area (Å²) in [7, 11) is 0. The highest BCUT2D eigenvalue weighted by Crippen LogP contribution is 2.24. The minimum atomic E-state index is -0.728. The van der Waals surface area contributed by atoms with Gasteiger partial charge in [0.25, 0.3) is 0 Å². The molecule has 28 heavy (non-hydrogen) atoms. The third kappa shape index (κ3) is 5.39. The molecule has 1 N–H and O–H groups in total. The van der Waals surface area contributed by atoms with Crippen molar-refractivity contribution in [2.24, 2.45) is 0 Å². The van der Waals surface area contributed by atoms with Gasteiger partial charge in [0, 0.05) is 18.9 Å². The summed E-state index contributed by atoms with van der Waals surface area (Å²) in [4.78, 5) is 16.0. The molecule has 0 fully saturated rings. The Morgan fingerprint density at radius 3 is 2.86 bits per heavy atom. The summed E-state index contributed by atoms with van der Waals surface area (Å²) in [6.07, 6.45) is 1.81. The second-order valence-electron chi connectivity index (χ2n) is 6.26. The lowest BCUT2D eigenvalue weighted by molar-refractivity contribution is -0.121. The Morgan fingerprint density at radius 2 is 2.07 bits per heavy atom. The molecule has 0 radical (unpaired) electrons. The summed E-state index contributed by atoms with van der Waals surface area (Å²) in [6, 6.07) is 10.9. The monoisotopic (exact) mass is 386 g/mol. The summed E-state index contributed by atoms with van der Waals surface area (Å²) in [5.41, 5.74) is 1.23. The Kier molecular flexibility index (Phi) is 6.37. The van der Waals surface area contributed by atoms with E-state index in [1.54, 1.807) is 0 Å². The zero-order chi connectivity index (χ0) is 19.9. The van der Waals surface area contributed by atoms with Gasteiger partial charge < -0.3 is 14.5 Å². The normalized spacial score (nSPS) is 10.7. The molecule has 0 saturated carbocycles. The maximum atomic E-state index is 13.8. The number of hydrogen-bond acceptors (Lipinski definition) is 4. The molecule has 3 aromatic rings. The van der Waals surface area contributed by atoms with E-state index in [0.29, 0.717) is 19.0 Å². The maximum Gasteiger partial charge on any atom is 0.220 e. The van der Waals surface area contributed by atoms with Gasteiger partial charge in [0.05, 0.1) is 18.3 Å². The number of halogens is 2. The van der Waals surface area contributed by atoms with E-state index in [1.807, 2.05) is 31.2 Å². The van der Waals surface area contributed by atoms with Crippen LogP contribution in [0.3, 0.4) is 0 Å². The highest BCUT2D eigenvalue weighted by atomic mass is 19.1. The first kappa shape index (κ1) is 19.5. The van der Waals surface area contributed by atoms with Crippen LogP contribution in [0.25, 0.3) is 11.3 Å². The van der Waals surface area contributed by atoms with E-state index in [2.05, 4.69) is 10.3 Å². The van der Waals surface area contributed by atoms with Crippen LogP contribution in [0.2, 0.25) is 0 Å². The molecular formula is C21H20F2N2O3. The predicted octanol–water partition coefficient (Wildman–Crippen LogP) is 4.06. The molecule has 1 heterocycles. The van der Waals surface area contributed by atoms with Gasteiger partial charge in [-0.1, -0.05) is 12.1 Å². The van der Waals surface area contributed by atoms with Crippen molar-refractivity contribution in [3.8, 4) is 17.1 Å².